The molecule has 2 nitrogen and oxygen atoms in total. The van der Waals surface area contributed by atoms with Crippen LogP contribution >= 0.6 is 0 Å². The molecule has 56 valence electrons. The van der Waals surface area contributed by atoms with Crippen molar-refractivity contribution in [1.82, 2.24) is 0 Å². The molecule has 0 spiro atoms. The third-order valence-corrected chi connectivity index (χ3v) is 1.32. The molecule has 0 aliphatic carbocycles. The molecule has 0 radical (unpaired) electrons. The number of benzene rings is 1. The standard InChI is InChI=1S/C9H9NO/c1-10-6-8-3-2-4-9(5-8)7-11/h2-7H,1H3. The lowest BCUT2D eigenvalue weighted by atomic mass is 10.1. The van der Waals surface area contributed by atoms with Crippen LogP contribution in [0, 0.1) is 0 Å². The summed E-state index contributed by atoms with van der Waals surface area (Å²) in [6.45, 7) is 0. The molecule has 0 saturated heterocycles. The average Bonchev–Trinajstić information content (AvgIpc) is 2.06. The number of rotatable bonds is 2. The van der Waals surface area contributed by atoms with E-state index in [0.29, 0.717) is 5.56 Å². The Bertz CT molecular complexity index is 279. The maximum Gasteiger partial charge on any atom is 0.150 e. The smallest absolute Gasteiger partial charge is 0.150 e. The molecule has 0 aliphatic heterocycles. The number of nitrogens with zero attached hydrogens (tertiary/aromatic N) is 1. The lowest BCUT2D eigenvalue weighted by molar-refractivity contribution is 0.112. The number of hydrogen-bond acceptors (Lipinski definition) is 2. The molecular weight excluding hydrogens is 138 g/mol. The Hall–Kier alpha value is -1.44. The first-order chi connectivity index (χ1) is 5.36. The van der Waals surface area contributed by atoms with Crippen LogP contribution in [0.2, 0.25) is 0 Å². The molecule has 2 heteroatoms. The Labute approximate surface area is 65.6 Å². The van der Waals surface area contributed by atoms with Crippen molar-refractivity contribution in [2.45, 2.75) is 0 Å². The van der Waals surface area contributed by atoms with E-state index in [1.54, 1.807) is 25.4 Å². The highest BCUT2D eigenvalue weighted by atomic mass is 16.1. The van der Waals surface area contributed by atoms with Crippen LogP contribution in [-0.4, -0.2) is 19.5 Å². The SMILES string of the molecule is CN=Cc1cccc(C=O)c1. The van der Waals surface area contributed by atoms with E-state index in [-0.39, 0.29) is 0 Å². The summed E-state index contributed by atoms with van der Waals surface area (Å²) in [5.74, 6) is 0. The van der Waals surface area contributed by atoms with Crippen molar-refractivity contribution in [2.24, 2.45) is 4.99 Å². The summed E-state index contributed by atoms with van der Waals surface area (Å²) in [7, 11) is 1.70. The van der Waals surface area contributed by atoms with Crippen molar-refractivity contribution < 1.29 is 4.79 Å². The van der Waals surface area contributed by atoms with Crippen molar-refractivity contribution in [2.75, 3.05) is 7.05 Å². The summed E-state index contributed by atoms with van der Waals surface area (Å²) in [6.07, 6.45) is 2.54. The van der Waals surface area contributed by atoms with Crippen LogP contribution in [0.4, 0.5) is 0 Å². The fourth-order valence-electron chi connectivity index (χ4n) is 0.862. The summed E-state index contributed by atoms with van der Waals surface area (Å²) in [6, 6.07) is 7.29. The summed E-state index contributed by atoms with van der Waals surface area (Å²) in [5.41, 5.74) is 1.64. The third-order valence-electron chi connectivity index (χ3n) is 1.32. The Morgan fingerprint density at radius 3 is 2.73 bits per heavy atom. The molecule has 0 bridgehead atoms. The molecule has 1 aromatic carbocycles. The molecular formula is C9H9NO. The molecule has 0 saturated carbocycles. The summed E-state index contributed by atoms with van der Waals surface area (Å²) in [5, 5.41) is 0. The lowest BCUT2D eigenvalue weighted by Crippen LogP contribution is -1.84. The molecule has 0 fully saturated rings. The van der Waals surface area contributed by atoms with Gasteiger partial charge in [-0.25, -0.2) is 0 Å². The topological polar surface area (TPSA) is 29.4 Å². The van der Waals surface area contributed by atoms with Gasteiger partial charge < -0.3 is 0 Å². The van der Waals surface area contributed by atoms with E-state index in [1.165, 1.54) is 0 Å². The van der Waals surface area contributed by atoms with Crippen molar-refractivity contribution in [1.29, 1.82) is 0 Å². The Balaban J connectivity index is 3.00. The minimum absolute atomic E-state index is 0.683. The Morgan fingerprint density at radius 2 is 2.09 bits per heavy atom. The van der Waals surface area contributed by atoms with Crippen LogP contribution in [0.3, 0.4) is 0 Å². The van der Waals surface area contributed by atoms with Gasteiger partial charge in [-0.1, -0.05) is 18.2 Å². The van der Waals surface area contributed by atoms with Crippen molar-refractivity contribution in [3.8, 4) is 0 Å². The molecule has 0 heterocycles. The van der Waals surface area contributed by atoms with Crippen LogP contribution in [0.1, 0.15) is 15.9 Å². The second-order valence-corrected chi connectivity index (χ2v) is 2.18. The van der Waals surface area contributed by atoms with Gasteiger partial charge in [0.15, 0.2) is 0 Å². The zero-order chi connectivity index (χ0) is 8.10. The second kappa shape index (κ2) is 3.66. The first-order valence-corrected chi connectivity index (χ1v) is 3.34. The van der Waals surface area contributed by atoms with Gasteiger partial charge in [0.05, 0.1) is 0 Å². The zero-order valence-electron chi connectivity index (χ0n) is 6.32. The number of aliphatic imine (C=N–C) groups is 1. The summed E-state index contributed by atoms with van der Waals surface area (Å²) < 4.78 is 0. The normalized spacial score (nSPS) is 10.3. The first kappa shape index (κ1) is 7.66. The van der Waals surface area contributed by atoms with E-state index >= 15 is 0 Å². The molecule has 0 N–H and O–H groups in total. The highest BCUT2D eigenvalue weighted by molar-refractivity contribution is 5.84. The molecule has 1 aromatic rings. The Kier molecular flexibility index (Phi) is 2.55. The fourth-order valence-corrected chi connectivity index (χ4v) is 0.862. The average molecular weight is 147 g/mol. The molecule has 0 aliphatic rings. The van der Waals surface area contributed by atoms with Crippen LogP contribution in [0.5, 0.6) is 0 Å². The number of aldehydes is 1. The van der Waals surface area contributed by atoms with E-state index in [4.69, 9.17) is 0 Å². The minimum atomic E-state index is 0.683. The maximum absolute atomic E-state index is 10.3. The van der Waals surface area contributed by atoms with E-state index in [9.17, 15) is 4.79 Å². The third kappa shape index (κ3) is 2.00. The van der Waals surface area contributed by atoms with Crippen molar-refractivity contribution in [3.05, 3.63) is 35.4 Å². The summed E-state index contributed by atoms with van der Waals surface area (Å²) in [4.78, 5) is 14.2. The van der Waals surface area contributed by atoms with Crippen LogP contribution in [0.15, 0.2) is 29.3 Å². The van der Waals surface area contributed by atoms with Gasteiger partial charge in [-0.15, -0.1) is 0 Å². The number of carbonyl (C=O) groups excluding carboxylic acids is 1. The van der Waals surface area contributed by atoms with E-state index in [1.807, 2.05) is 12.1 Å². The first-order valence-electron chi connectivity index (χ1n) is 3.34. The van der Waals surface area contributed by atoms with Gasteiger partial charge in [-0.05, 0) is 11.6 Å². The molecule has 11 heavy (non-hydrogen) atoms. The summed E-state index contributed by atoms with van der Waals surface area (Å²) >= 11 is 0. The minimum Gasteiger partial charge on any atom is -0.298 e. The van der Waals surface area contributed by atoms with Gasteiger partial charge in [0.25, 0.3) is 0 Å². The predicted octanol–water partition coefficient (Wildman–Crippen LogP) is 1.55. The zero-order valence-corrected chi connectivity index (χ0v) is 6.32. The van der Waals surface area contributed by atoms with E-state index in [2.05, 4.69) is 4.99 Å². The second-order valence-electron chi connectivity index (χ2n) is 2.18. The van der Waals surface area contributed by atoms with Gasteiger partial charge in [0.1, 0.15) is 6.29 Å². The Morgan fingerprint density at radius 1 is 1.36 bits per heavy atom. The van der Waals surface area contributed by atoms with Crippen LogP contribution < -0.4 is 0 Å². The molecule has 0 unspecified atom stereocenters. The highest BCUT2D eigenvalue weighted by Crippen LogP contribution is 1.99. The van der Waals surface area contributed by atoms with Gasteiger partial charge >= 0.3 is 0 Å². The van der Waals surface area contributed by atoms with Crippen molar-refractivity contribution >= 4 is 12.5 Å². The molecule has 0 aromatic heterocycles. The van der Waals surface area contributed by atoms with Gasteiger partial charge in [0, 0.05) is 18.8 Å². The molecule has 0 amide bonds. The van der Waals surface area contributed by atoms with Gasteiger partial charge in [-0.2, -0.15) is 0 Å². The lowest BCUT2D eigenvalue weighted by Gasteiger charge is -1.91. The highest BCUT2D eigenvalue weighted by Gasteiger charge is 1.89. The van der Waals surface area contributed by atoms with E-state index < -0.39 is 0 Å². The van der Waals surface area contributed by atoms with Crippen LogP contribution in [-0.2, 0) is 0 Å². The molecule has 0 atom stereocenters. The molecule has 1 rings (SSSR count). The largest absolute Gasteiger partial charge is 0.298 e. The quantitative estimate of drug-likeness (QED) is 0.461. The fraction of sp³-hybridized carbons (Fsp3) is 0.111. The van der Waals surface area contributed by atoms with Crippen molar-refractivity contribution in [3.63, 3.8) is 0 Å². The van der Waals surface area contributed by atoms with Gasteiger partial charge in [0.2, 0.25) is 0 Å². The number of hydrogen-bond donors (Lipinski definition) is 0. The predicted molar refractivity (Wildman–Crippen MR) is 45.3 cm³/mol. The van der Waals surface area contributed by atoms with Crippen LogP contribution in [0.25, 0.3) is 0 Å². The van der Waals surface area contributed by atoms with Gasteiger partial charge in [-0.3, -0.25) is 9.79 Å². The maximum atomic E-state index is 10.3. The number of carbonyl (C=O) groups is 1. The van der Waals surface area contributed by atoms with E-state index in [0.717, 1.165) is 11.8 Å². The monoisotopic (exact) mass is 147 g/mol.